The molecule has 0 fully saturated rings. The highest BCUT2D eigenvalue weighted by Gasteiger charge is 2.05. The third-order valence-electron chi connectivity index (χ3n) is 1.67. The van der Waals surface area contributed by atoms with Gasteiger partial charge >= 0.3 is 0 Å². The Morgan fingerprint density at radius 3 is 2.60 bits per heavy atom. The topological polar surface area (TPSA) is 84.9 Å². The van der Waals surface area contributed by atoms with Crippen LogP contribution in [0, 0.1) is 0 Å². The number of hydrogen-bond donors (Lipinski definition) is 2. The van der Waals surface area contributed by atoms with Crippen LogP contribution in [0.1, 0.15) is 6.42 Å². The van der Waals surface area contributed by atoms with Crippen LogP contribution in [-0.2, 0) is 4.79 Å². The van der Waals surface area contributed by atoms with Crippen molar-refractivity contribution in [1.29, 1.82) is 0 Å². The molecule has 0 unspecified atom stereocenters. The van der Waals surface area contributed by atoms with Crippen LogP contribution in [0.5, 0.6) is 5.75 Å². The lowest BCUT2D eigenvalue weighted by Gasteiger charge is -2.05. The molecule has 0 radical (unpaired) electrons. The maximum absolute atomic E-state index is 10.6. The molecule has 15 heavy (non-hydrogen) atoms. The van der Waals surface area contributed by atoms with Crippen LogP contribution >= 0.6 is 0 Å². The second-order valence-electron chi connectivity index (χ2n) is 2.91. The van der Waals surface area contributed by atoms with Gasteiger partial charge in [0.05, 0.1) is 6.42 Å². The van der Waals surface area contributed by atoms with Crippen LogP contribution in [-0.4, -0.2) is 23.4 Å². The van der Waals surface area contributed by atoms with E-state index in [1.54, 1.807) is 12.1 Å². The van der Waals surface area contributed by atoms with Gasteiger partial charge in [0, 0.05) is 0 Å². The fourth-order valence-electron chi connectivity index (χ4n) is 1.000. The molecule has 0 atom stereocenters. The van der Waals surface area contributed by atoms with Gasteiger partial charge in [-0.3, -0.25) is 4.79 Å². The highest BCUT2D eigenvalue weighted by Crippen LogP contribution is 2.08. The van der Waals surface area contributed by atoms with Crippen LogP contribution in [0.25, 0.3) is 0 Å². The summed E-state index contributed by atoms with van der Waals surface area (Å²) in [6.07, 6.45) is -0.108. The third-order valence-corrected chi connectivity index (χ3v) is 1.67. The number of hydrogen-bond acceptors (Lipinski definition) is 4. The largest absolute Gasteiger partial charge is 0.488 e. The molecule has 0 bridgehead atoms. The van der Waals surface area contributed by atoms with Gasteiger partial charge in [0.15, 0.2) is 0 Å². The van der Waals surface area contributed by atoms with Crippen molar-refractivity contribution in [2.24, 2.45) is 10.9 Å². The second-order valence-corrected chi connectivity index (χ2v) is 2.91. The summed E-state index contributed by atoms with van der Waals surface area (Å²) in [5.41, 5.74) is 5.15. The zero-order valence-corrected chi connectivity index (χ0v) is 8.09. The Bertz CT molecular complexity index is 349. The van der Waals surface area contributed by atoms with Crippen LogP contribution in [0.3, 0.4) is 0 Å². The van der Waals surface area contributed by atoms with Gasteiger partial charge in [-0.05, 0) is 12.1 Å². The Kier molecular flexibility index (Phi) is 4.15. The molecule has 5 heteroatoms. The number of para-hydroxylation sites is 1. The van der Waals surface area contributed by atoms with E-state index in [0.717, 1.165) is 0 Å². The first-order valence-electron chi connectivity index (χ1n) is 4.38. The number of carbonyl (C=O) groups excluding carboxylic acids is 1. The number of oxime groups is 1. The van der Waals surface area contributed by atoms with E-state index in [4.69, 9.17) is 15.7 Å². The van der Waals surface area contributed by atoms with Crippen molar-refractivity contribution in [3.05, 3.63) is 30.3 Å². The van der Waals surface area contributed by atoms with Gasteiger partial charge < -0.3 is 15.7 Å². The monoisotopic (exact) mass is 208 g/mol. The third kappa shape index (κ3) is 4.12. The molecule has 3 N–H and O–H groups in total. The summed E-state index contributed by atoms with van der Waals surface area (Å²) < 4.78 is 5.26. The molecule has 0 aliphatic rings. The molecular formula is C10H12N2O3. The van der Waals surface area contributed by atoms with Crippen molar-refractivity contribution >= 4 is 11.6 Å². The van der Waals surface area contributed by atoms with Gasteiger partial charge in [-0.25, -0.2) is 0 Å². The van der Waals surface area contributed by atoms with Gasteiger partial charge in [-0.2, -0.15) is 0 Å². The lowest BCUT2D eigenvalue weighted by Crippen LogP contribution is -2.21. The zero-order chi connectivity index (χ0) is 11.1. The fourth-order valence-corrected chi connectivity index (χ4v) is 1.000. The number of ether oxygens (including phenoxy) is 1. The summed E-state index contributed by atoms with van der Waals surface area (Å²) >= 11 is 0. The molecule has 5 nitrogen and oxygen atoms in total. The van der Waals surface area contributed by atoms with E-state index in [2.05, 4.69) is 5.16 Å². The quantitative estimate of drug-likeness (QED) is 0.426. The van der Waals surface area contributed by atoms with Gasteiger partial charge in [0.25, 0.3) is 0 Å². The Morgan fingerprint density at radius 1 is 1.40 bits per heavy atom. The van der Waals surface area contributed by atoms with E-state index >= 15 is 0 Å². The van der Waals surface area contributed by atoms with Crippen LogP contribution < -0.4 is 10.5 Å². The number of carbonyl (C=O) groups is 1. The lowest BCUT2D eigenvalue weighted by atomic mass is 10.3. The zero-order valence-electron chi connectivity index (χ0n) is 8.09. The SMILES string of the molecule is NC(=O)CC(COc1ccccc1)=NO. The Balaban J connectivity index is 2.45. The number of amides is 1. The van der Waals surface area contributed by atoms with Crippen molar-refractivity contribution in [2.75, 3.05) is 6.61 Å². The Hall–Kier alpha value is -2.04. The molecular weight excluding hydrogens is 196 g/mol. The maximum Gasteiger partial charge on any atom is 0.223 e. The summed E-state index contributed by atoms with van der Waals surface area (Å²) in [5.74, 6) is 0.0857. The van der Waals surface area contributed by atoms with Crippen molar-refractivity contribution in [1.82, 2.24) is 0 Å². The van der Waals surface area contributed by atoms with E-state index in [0.29, 0.717) is 5.75 Å². The first-order chi connectivity index (χ1) is 7.22. The van der Waals surface area contributed by atoms with Crippen molar-refractivity contribution < 1.29 is 14.7 Å². The van der Waals surface area contributed by atoms with E-state index in [1.807, 2.05) is 18.2 Å². The Morgan fingerprint density at radius 2 is 2.07 bits per heavy atom. The Labute approximate surface area is 87.1 Å². The van der Waals surface area contributed by atoms with Crippen LogP contribution in [0.15, 0.2) is 35.5 Å². The number of rotatable bonds is 5. The molecule has 0 aromatic heterocycles. The van der Waals surface area contributed by atoms with Crippen LogP contribution in [0.4, 0.5) is 0 Å². The average Bonchev–Trinajstić information content (AvgIpc) is 2.25. The maximum atomic E-state index is 10.6. The molecule has 0 saturated heterocycles. The number of nitrogens with two attached hydrogens (primary N) is 1. The molecule has 1 rings (SSSR count). The molecule has 1 aromatic carbocycles. The summed E-state index contributed by atoms with van der Waals surface area (Å²) in [4.78, 5) is 10.6. The fraction of sp³-hybridized carbons (Fsp3) is 0.200. The van der Waals surface area contributed by atoms with Gasteiger partial charge in [0.2, 0.25) is 5.91 Å². The van der Waals surface area contributed by atoms with Gasteiger partial charge in [-0.1, -0.05) is 23.4 Å². The van der Waals surface area contributed by atoms with Crippen molar-refractivity contribution in [3.8, 4) is 5.75 Å². The van der Waals surface area contributed by atoms with E-state index in [-0.39, 0.29) is 18.7 Å². The predicted octanol–water partition coefficient (Wildman–Crippen LogP) is 0.771. The van der Waals surface area contributed by atoms with Gasteiger partial charge in [-0.15, -0.1) is 0 Å². The summed E-state index contributed by atoms with van der Waals surface area (Å²) in [6, 6.07) is 9.02. The molecule has 0 spiro atoms. The van der Waals surface area contributed by atoms with Crippen molar-refractivity contribution in [3.63, 3.8) is 0 Å². The summed E-state index contributed by atoms with van der Waals surface area (Å²) in [5, 5.41) is 11.5. The molecule has 0 heterocycles. The number of benzene rings is 1. The molecule has 0 aliphatic heterocycles. The van der Waals surface area contributed by atoms with Gasteiger partial charge in [0.1, 0.15) is 18.1 Å². The summed E-state index contributed by atoms with van der Waals surface area (Å²) in [6.45, 7) is 0.0451. The lowest BCUT2D eigenvalue weighted by molar-refractivity contribution is -0.116. The van der Waals surface area contributed by atoms with Crippen molar-refractivity contribution in [2.45, 2.75) is 6.42 Å². The minimum Gasteiger partial charge on any atom is -0.488 e. The first-order valence-corrected chi connectivity index (χ1v) is 4.38. The highest BCUT2D eigenvalue weighted by atomic mass is 16.5. The smallest absolute Gasteiger partial charge is 0.223 e. The highest BCUT2D eigenvalue weighted by molar-refractivity contribution is 6.00. The van der Waals surface area contributed by atoms with Crippen LogP contribution in [0.2, 0.25) is 0 Å². The van der Waals surface area contributed by atoms with E-state index in [1.165, 1.54) is 0 Å². The minimum absolute atomic E-state index is 0.0451. The van der Waals surface area contributed by atoms with E-state index in [9.17, 15) is 4.79 Å². The molecule has 80 valence electrons. The standard InChI is InChI=1S/C10H12N2O3/c11-10(13)6-8(12-14)7-15-9-4-2-1-3-5-9/h1-5,14H,6-7H2,(H2,11,13). The normalized spacial score (nSPS) is 11.1. The average molecular weight is 208 g/mol. The number of nitrogens with zero attached hydrogens (tertiary/aromatic N) is 1. The number of primary amides is 1. The molecule has 1 amide bonds. The minimum atomic E-state index is -0.556. The molecule has 0 saturated carbocycles. The molecule has 1 aromatic rings. The second kappa shape index (κ2) is 5.64. The van der Waals surface area contributed by atoms with E-state index < -0.39 is 5.91 Å². The predicted molar refractivity (Wildman–Crippen MR) is 55.0 cm³/mol. The molecule has 0 aliphatic carbocycles. The summed E-state index contributed by atoms with van der Waals surface area (Å²) in [7, 11) is 0. The first kappa shape index (κ1) is 11.0.